The van der Waals surface area contributed by atoms with Gasteiger partial charge in [-0.3, -0.25) is 0 Å². The van der Waals surface area contributed by atoms with Crippen LogP contribution >= 0.6 is 0 Å². The summed E-state index contributed by atoms with van der Waals surface area (Å²) in [6.07, 6.45) is 5.49. The maximum atomic E-state index is 5.80. The summed E-state index contributed by atoms with van der Waals surface area (Å²) >= 11 is 0. The summed E-state index contributed by atoms with van der Waals surface area (Å²) < 4.78 is 5.79. The molecule has 1 heterocycles. The van der Waals surface area contributed by atoms with Crippen molar-refractivity contribution in [2.45, 2.75) is 45.6 Å². The van der Waals surface area contributed by atoms with Crippen molar-refractivity contribution >= 4 is 11.6 Å². The molecule has 3 N–H and O–H groups in total. The zero-order valence-electron chi connectivity index (χ0n) is 11.2. The van der Waals surface area contributed by atoms with Gasteiger partial charge in [0.05, 0.1) is 12.7 Å². The molecule has 2 rings (SSSR count). The number of rotatable bonds is 5. The molecule has 0 radical (unpaired) electrons. The second-order valence-electron chi connectivity index (χ2n) is 4.83. The van der Waals surface area contributed by atoms with Crippen molar-refractivity contribution in [1.29, 1.82) is 0 Å². The van der Waals surface area contributed by atoms with E-state index in [0.717, 1.165) is 17.9 Å². The molecule has 0 spiro atoms. The Labute approximate surface area is 108 Å². The number of hydrogen-bond acceptors (Lipinski definition) is 5. The average molecular weight is 250 g/mol. The van der Waals surface area contributed by atoms with E-state index in [0.29, 0.717) is 24.4 Å². The summed E-state index contributed by atoms with van der Waals surface area (Å²) in [5.41, 5.74) is 6.71. The first-order valence-corrected chi connectivity index (χ1v) is 6.63. The van der Waals surface area contributed by atoms with Crippen LogP contribution in [-0.2, 0) is 4.74 Å². The Kier molecular flexibility index (Phi) is 4.36. The van der Waals surface area contributed by atoms with Gasteiger partial charge in [0.2, 0.25) is 0 Å². The minimum Gasteiger partial charge on any atom is -0.383 e. The van der Waals surface area contributed by atoms with Crippen LogP contribution in [0.2, 0.25) is 0 Å². The number of ether oxygens (including phenoxy) is 1. The van der Waals surface area contributed by atoms with Gasteiger partial charge in [-0.15, -0.1) is 0 Å². The van der Waals surface area contributed by atoms with Crippen LogP contribution in [0.25, 0.3) is 0 Å². The van der Waals surface area contributed by atoms with Crippen LogP contribution in [0.4, 0.5) is 11.6 Å². The van der Waals surface area contributed by atoms with Crippen molar-refractivity contribution < 1.29 is 4.74 Å². The minimum atomic E-state index is 0.463. The van der Waals surface area contributed by atoms with E-state index in [1.807, 2.05) is 13.8 Å². The van der Waals surface area contributed by atoms with Crippen molar-refractivity contribution in [2.24, 2.45) is 0 Å². The van der Waals surface area contributed by atoms with Gasteiger partial charge < -0.3 is 15.8 Å². The number of anilines is 2. The lowest BCUT2D eigenvalue weighted by molar-refractivity contribution is 0.0658. The summed E-state index contributed by atoms with van der Waals surface area (Å²) in [4.78, 5) is 8.47. The maximum absolute atomic E-state index is 5.80. The molecule has 1 aromatic heterocycles. The van der Waals surface area contributed by atoms with E-state index in [9.17, 15) is 0 Å². The first-order chi connectivity index (χ1) is 8.66. The Balaban J connectivity index is 1.79. The first-order valence-electron chi connectivity index (χ1n) is 6.63. The molecule has 0 unspecified atom stereocenters. The average Bonchev–Trinajstić information content (AvgIpc) is 2.83. The Morgan fingerprint density at radius 1 is 1.28 bits per heavy atom. The molecule has 0 saturated heterocycles. The number of nitrogens with one attached hydrogen (secondary N) is 1. The van der Waals surface area contributed by atoms with Gasteiger partial charge in [0, 0.05) is 12.1 Å². The van der Waals surface area contributed by atoms with Crippen LogP contribution in [0.3, 0.4) is 0 Å². The second kappa shape index (κ2) is 6.00. The van der Waals surface area contributed by atoms with E-state index < -0.39 is 0 Å². The zero-order valence-corrected chi connectivity index (χ0v) is 11.2. The molecular weight excluding hydrogens is 228 g/mol. The molecular formula is C13H22N4O. The predicted molar refractivity (Wildman–Crippen MR) is 72.6 cm³/mol. The van der Waals surface area contributed by atoms with Gasteiger partial charge in [0.15, 0.2) is 0 Å². The van der Waals surface area contributed by atoms with Crippen LogP contribution in [-0.4, -0.2) is 29.2 Å². The minimum absolute atomic E-state index is 0.463. The molecule has 1 saturated carbocycles. The fraction of sp³-hybridized carbons (Fsp3) is 0.692. The van der Waals surface area contributed by atoms with Gasteiger partial charge >= 0.3 is 0 Å². The van der Waals surface area contributed by atoms with Crippen LogP contribution in [0.15, 0.2) is 0 Å². The normalized spacial score (nSPS) is 16.1. The molecule has 100 valence electrons. The van der Waals surface area contributed by atoms with Crippen molar-refractivity contribution in [3.8, 4) is 0 Å². The van der Waals surface area contributed by atoms with Crippen LogP contribution in [0.5, 0.6) is 0 Å². The summed E-state index contributed by atoms with van der Waals surface area (Å²) in [5.74, 6) is 2.05. The van der Waals surface area contributed by atoms with Crippen molar-refractivity contribution in [3.63, 3.8) is 0 Å². The second-order valence-corrected chi connectivity index (χ2v) is 4.83. The summed E-state index contributed by atoms with van der Waals surface area (Å²) in [6.45, 7) is 5.24. The topological polar surface area (TPSA) is 73.1 Å². The predicted octanol–water partition coefficient (Wildman–Crippen LogP) is 2.05. The lowest BCUT2D eigenvalue weighted by Crippen LogP contribution is -2.17. The monoisotopic (exact) mass is 250 g/mol. The quantitative estimate of drug-likeness (QED) is 0.782. The van der Waals surface area contributed by atoms with E-state index in [2.05, 4.69) is 15.3 Å². The molecule has 18 heavy (non-hydrogen) atoms. The molecule has 5 nitrogen and oxygen atoms in total. The highest BCUT2D eigenvalue weighted by Crippen LogP contribution is 2.21. The van der Waals surface area contributed by atoms with Crippen molar-refractivity contribution in [3.05, 3.63) is 11.4 Å². The summed E-state index contributed by atoms with van der Waals surface area (Å²) in [6, 6.07) is 0. The summed E-state index contributed by atoms with van der Waals surface area (Å²) in [5, 5.41) is 3.26. The molecule has 1 aliphatic rings. The fourth-order valence-electron chi connectivity index (χ4n) is 2.27. The molecule has 1 aromatic rings. The van der Waals surface area contributed by atoms with Crippen molar-refractivity contribution in [2.75, 3.05) is 24.2 Å². The highest BCUT2D eigenvalue weighted by molar-refractivity contribution is 5.54. The number of nitrogens with two attached hydrogens (primary N) is 1. The van der Waals surface area contributed by atoms with E-state index in [1.165, 1.54) is 25.7 Å². The molecule has 1 fully saturated rings. The Morgan fingerprint density at radius 2 is 2.00 bits per heavy atom. The van der Waals surface area contributed by atoms with Gasteiger partial charge in [-0.25, -0.2) is 9.97 Å². The van der Waals surface area contributed by atoms with E-state index in [1.54, 1.807) is 0 Å². The van der Waals surface area contributed by atoms with Gasteiger partial charge in [0.1, 0.15) is 17.5 Å². The van der Waals surface area contributed by atoms with Gasteiger partial charge in [-0.1, -0.05) is 12.8 Å². The highest BCUT2D eigenvalue weighted by Gasteiger charge is 2.14. The Morgan fingerprint density at radius 3 is 2.72 bits per heavy atom. The maximum Gasteiger partial charge on any atom is 0.134 e. The number of hydrogen-bond donors (Lipinski definition) is 2. The van der Waals surface area contributed by atoms with Crippen LogP contribution in [0, 0.1) is 13.8 Å². The Hall–Kier alpha value is -1.36. The van der Waals surface area contributed by atoms with Gasteiger partial charge in [0.25, 0.3) is 0 Å². The lowest BCUT2D eigenvalue weighted by Gasteiger charge is -2.13. The lowest BCUT2D eigenvalue weighted by atomic mass is 10.3. The molecule has 0 aliphatic heterocycles. The van der Waals surface area contributed by atoms with Gasteiger partial charge in [-0.05, 0) is 26.7 Å². The molecule has 5 heteroatoms. The van der Waals surface area contributed by atoms with Crippen LogP contribution in [0.1, 0.15) is 37.1 Å². The zero-order chi connectivity index (χ0) is 13.0. The molecule has 0 bridgehead atoms. The number of nitrogens with zero attached hydrogens (tertiary/aromatic N) is 2. The largest absolute Gasteiger partial charge is 0.383 e. The molecule has 0 atom stereocenters. The molecule has 1 aliphatic carbocycles. The third-order valence-corrected chi connectivity index (χ3v) is 3.35. The number of aromatic nitrogens is 2. The third kappa shape index (κ3) is 3.32. The third-order valence-electron chi connectivity index (χ3n) is 3.35. The molecule has 0 amide bonds. The number of aryl methyl sites for hydroxylation is 1. The van der Waals surface area contributed by atoms with Crippen LogP contribution < -0.4 is 11.1 Å². The first kappa shape index (κ1) is 13.1. The smallest absolute Gasteiger partial charge is 0.134 e. The van der Waals surface area contributed by atoms with Crippen molar-refractivity contribution in [1.82, 2.24) is 9.97 Å². The highest BCUT2D eigenvalue weighted by atomic mass is 16.5. The molecule has 0 aromatic carbocycles. The SMILES string of the molecule is Cc1nc(N)c(C)c(NCCOC2CCCC2)n1. The van der Waals surface area contributed by atoms with E-state index in [-0.39, 0.29) is 0 Å². The standard InChI is InChI=1S/C13H22N4O/c1-9-12(14)16-10(2)17-13(9)15-7-8-18-11-5-3-4-6-11/h11H,3-8H2,1-2H3,(H3,14,15,16,17). The van der Waals surface area contributed by atoms with Gasteiger partial charge in [-0.2, -0.15) is 0 Å². The Bertz CT molecular complexity index is 402. The van der Waals surface area contributed by atoms with E-state index >= 15 is 0 Å². The number of nitrogen functional groups attached to an aromatic ring is 1. The summed E-state index contributed by atoms with van der Waals surface area (Å²) in [7, 11) is 0. The fourth-order valence-corrected chi connectivity index (χ4v) is 2.27. The van der Waals surface area contributed by atoms with E-state index in [4.69, 9.17) is 10.5 Å².